The quantitative estimate of drug-likeness (QED) is 0.392. The minimum Gasteiger partial charge on any atom is -0.485 e. The molecule has 150 valence electrons. The molecular formula is C21H16Cl4N2O2. The van der Waals surface area contributed by atoms with Gasteiger partial charge in [0.05, 0.1) is 0 Å². The van der Waals surface area contributed by atoms with E-state index < -0.39 is 0 Å². The van der Waals surface area contributed by atoms with Crippen molar-refractivity contribution >= 4 is 58.0 Å². The Morgan fingerprint density at radius 3 is 2.07 bits per heavy atom. The van der Waals surface area contributed by atoms with Gasteiger partial charge >= 0.3 is 0 Å². The molecule has 1 heterocycles. The number of Topliss-reactive ketones (excluding diaryl/α,β-unsaturated/α-hetero) is 1. The van der Waals surface area contributed by atoms with Gasteiger partial charge in [0, 0.05) is 43.8 Å². The van der Waals surface area contributed by atoms with E-state index in [2.05, 4.69) is 4.98 Å². The summed E-state index contributed by atoms with van der Waals surface area (Å²) in [5.41, 5.74) is 7.62. The Morgan fingerprint density at radius 2 is 1.48 bits per heavy atom. The average Bonchev–Trinajstić information content (AvgIpc) is 2.68. The summed E-state index contributed by atoms with van der Waals surface area (Å²) in [4.78, 5) is 16.7. The highest BCUT2D eigenvalue weighted by molar-refractivity contribution is 6.36. The highest BCUT2D eigenvalue weighted by Gasteiger charge is 2.14. The summed E-state index contributed by atoms with van der Waals surface area (Å²) in [6.07, 6.45) is 2.04. The SMILES string of the molecule is Nc1ncc(C(=O)CCc2c(Cl)cccc2Cl)cc1OCc1c(Cl)cccc1Cl. The number of nitrogens with two attached hydrogens (primary N) is 1. The lowest BCUT2D eigenvalue weighted by Crippen LogP contribution is -2.06. The average molecular weight is 470 g/mol. The van der Waals surface area contributed by atoms with E-state index >= 15 is 0 Å². The molecule has 0 aliphatic rings. The van der Waals surface area contributed by atoms with Crippen LogP contribution in [0.5, 0.6) is 5.75 Å². The van der Waals surface area contributed by atoms with Crippen molar-refractivity contribution in [2.75, 3.05) is 5.73 Å². The molecule has 2 N–H and O–H groups in total. The number of nitrogen functional groups attached to an aromatic ring is 1. The van der Waals surface area contributed by atoms with Crippen molar-refractivity contribution < 1.29 is 9.53 Å². The van der Waals surface area contributed by atoms with Crippen molar-refractivity contribution in [2.24, 2.45) is 0 Å². The summed E-state index contributed by atoms with van der Waals surface area (Å²) < 4.78 is 5.73. The van der Waals surface area contributed by atoms with E-state index in [9.17, 15) is 4.79 Å². The van der Waals surface area contributed by atoms with E-state index in [1.165, 1.54) is 6.20 Å². The van der Waals surface area contributed by atoms with Gasteiger partial charge in [-0.15, -0.1) is 0 Å². The monoisotopic (exact) mass is 468 g/mol. The number of carbonyl (C=O) groups is 1. The highest BCUT2D eigenvalue weighted by Crippen LogP contribution is 2.29. The first kappa shape index (κ1) is 21.7. The summed E-state index contributed by atoms with van der Waals surface area (Å²) in [7, 11) is 0. The smallest absolute Gasteiger partial charge is 0.166 e. The molecule has 29 heavy (non-hydrogen) atoms. The minimum atomic E-state index is -0.130. The third kappa shape index (κ3) is 5.34. The Balaban J connectivity index is 1.72. The molecule has 3 aromatic rings. The van der Waals surface area contributed by atoms with Crippen LogP contribution in [-0.4, -0.2) is 10.8 Å². The van der Waals surface area contributed by atoms with Crippen molar-refractivity contribution in [1.29, 1.82) is 0 Å². The van der Waals surface area contributed by atoms with E-state index in [0.29, 0.717) is 37.6 Å². The van der Waals surface area contributed by atoms with Crippen molar-refractivity contribution in [3.05, 3.63) is 85.4 Å². The van der Waals surface area contributed by atoms with E-state index in [1.807, 2.05) is 0 Å². The Kier molecular flexibility index (Phi) is 7.25. The topological polar surface area (TPSA) is 65.2 Å². The van der Waals surface area contributed by atoms with Crippen LogP contribution in [0.3, 0.4) is 0 Å². The number of ketones is 1. The van der Waals surface area contributed by atoms with Gasteiger partial charge in [-0.1, -0.05) is 58.5 Å². The molecule has 0 saturated carbocycles. The zero-order chi connectivity index (χ0) is 21.0. The Bertz CT molecular complexity index is 1020. The zero-order valence-electron chi connectivity index (χ0n) is 15.1. The molecule has 3 rings (SSSR count). The van der Waals surface area contributed by atoms with Gasteiger partial charge in [-0.05, 0) is 42.3 Å². The molecule has 0 radical (unpaired) electrons. The number of pyridine rings is 1. The zero-order valence-corrected chi connectivity index (χ0v) is 18.1. The van der Waals surface area contributed by atoms with Gasteiger partial charge in [-0.2, -0.15) is 0 Å². The molecule has 0 atom stereocenters. The Labute approximate surface area is 188 Å². The number of hydrogen-bond donors (Lipinski definition) is 1. The highest BCUT2D eigenvalue weighted by atomic mass is 35.5. The van der Waals surface area contributed by atoms with Gasteiger partial charge < -0.3 is 10.5 Å². The van der Waals surface area contributed by atoms with Crippen molar-refractivity contribution in [3.63, 3.8) is 0 Å². The molecule has 0 fully saturated rings. The second-order valence-corrected chi connectivity index (χ2v) is 7.85. The first-order valence-electron chi connectivity index (χ1n) is 8.64. The van der Waals surface area contributed by atoms with Crippen LogP contribution < -0.4 is 10.5 Å². The minimum absolute atomic E-state index is 0.0945. The maximum atomic E-state index is 12.6. The van der Waals surface area contributed by atoms with Crippen LogP contribution in [0.4, 0.5) is 5.82 Å². The lowest BCUT2D eigenvalue weighted by molar-refractivity contribution is 0.0982. The summed E-state index contributed by atoms with van der Waals surface area (Å²) >= 11 is 24.6. The van der Waals surface area contributed by atoms with E-state index in [0.717, 1.165) is 5.56 Å². The fourth-order valence-corrected chi connectivity index (χ4v) is 3.79. The van der Waals surface area contributed by atoms with Gasteiger partial charge in [-0.3, -0.25) is 4.79 Å². The molecule has 2 aromatic carbocycles. The number of rotatable bonds is 7. The number of anilines is 1. The molecule has 0 amide bonds. The summed E-state index contributed by atoms with van der Waals surface area (Å²) in [5.74, 6) is 0.315. The number of aromatic nitrogens is 1. The van der Waals surface area contributed by atoms with Gasteiger partial charge in [0.25, 0.3) is 0 Å². The molecule has 0 saturated heterocycles. The third-order valence-corrected chi connectivity index (χ3v) is 5.72. The van der Waals surface area contributed by atoms with Crippen LogP contribution in [0, 0.1) is 0 Å². The number of halogens is 4. The first-order valence-corrected chi connectivity index (χ1v) is 10.1. The van der Waals surface area contributed by atoms with Crippen LogP contribution in [-0.2, 0) is 13.0 Å². The lowest BCUT2D eigenvalue weighted by atomic mass is 10.0. The van der Waals surface area contributed by atoms with E-state index in [-0.39, 0.29) is 30.4 Å². The van der Waals surface area contributed by atoms with Crippen LogP contribution in [0.15, 0.2) is 48.7 Å². The normalized spacial score (nSPS) is 10.8. The number of benzene rings is 2. The third-order valence-electron chi connectivity index (χ3n) is 4.30. The summed E-state index contributed by atoms with van der Waals surface area (Å²) in [6.45, 7) is 0.0945. The van der Waals surface area contributed by atoms with Crippen molar-refractivity contribution in [1.82, 2.24) is 4.98 Å². The molecule has 0 aliphatic heterocycles. The van der Waals surface area contributed by atoms with Gasteiger partial charge in [0.15, 0.2) is 17.4 Å². The van der Waals surface area contributed by atoms with Crippen molar-refractivity contribution in [3.8, 4) is 5.75 Å². The maximum Gasteiger partial charge on any atom is 0.166 e. The van der Waals surface area contributed by atoms with E-state index in [1.54, 1.807) is 42.5 Å². The molecule has 0 aliphatic carbocycles. The molecule has 8 heteroatoms. The van der Waals surface area contributed by atoms with Gasteiger partial charge in [0.2, 0.25) is 0 Å². The number of nitrogens with zero attached hydrogens (tertiary/aromatic N) is 1. The molecule has 1 aromatic heterocycles. The Morgan fingerprint density at radius 1 is 0.931 bits per heavy atom. The fraction of sp³-hybridized carbons (Fsp3) is 0.143. The second-order valence-electron chi connectivity index (χ2n) is 6.22. The molecular weight excluding hydrogens is 454 g/mol. The number of hydrogen-bond acceptors (Lipinski definition) is 4. The molecule has 4 nitrogen and oxygen atoms in total. The largest absolute Gasteiger partial charge is 0.485 e. The molecule has 0 unspecified atom stereocenters. The van der Waals surface area contributed by atoms with Gasteiger partial charge in [-0.25, -0.2) is 4.98 Å². The second kappa shape index (κ2) is 9.68. The Hall–Kier alpha value is -1.98. The predicted molar refractivity (Wildman–Crippen MR) is 119 cm³/mol. The predicted octanol–water partition coefficient (Wildman–Crippen LogP) is 6.67. The standard InChI is InChI=1S/C21H16Cl4N2O2/c22-15-3-1-4-16(23)13(15)7-8-19(28)12-9-20(21(26)27-10-12)29-11-14-17(24)5-2-6-18(14)25/h1-6,9-10H,7-8,11H2,(H2,26,27). The first-order chi connectivity index (χ1) is 13.9. The van der Waals surface area contributed by atoms with Crippen LogP contribution in [0.25, 0.3) is 0 Å². The summed E-state index contributed by atoms with van der Waals surface area (Å²) in [6, 6.07) is 12.0. The molecule has 0 bridgehead atoms. The number of carbonyl (C=O) groups excluding carboxylic acids is 1. The van der Waals surface area contributed by atoms with Gasteiger partial charge in [0.1, 0.15) is 6.61 Å². The lowest BCUT2D eigenvalue weighted by Gasteiger charge is -2.12. The number of ether oxygens (including phenoxy) is 1. The van der Waals surface area contributed by atoms with E-state index in [4.69, 9.17) is 56.9 Å². The maximum absolute atomic E-state index is 12.6. The van der Waals surface area contributed by atoms with Crippen molar-refractivity contribution in [2.45, 2.75) is 19.4 Å². The molecule has 0 spiro atoms. The van der Waals surface area contributed by atoms with Crippen LogP contribution in [0.1, 0.15) is 27.9 Å². The summed E-state index contributed by atoms with van der Waals surface area (Å²) in [5, 5.41) is 2.02. The van der Waals surface area contributed by atoms with Crippen LogP contribution in [0.2, 0.25) is 20.1 Å². The van der Waals surface area contributed by atoms with Crippen LogP contribution >= 0.6 is 46.4 Å². The fourth-order valence-electron chi connectivity index (χ4n) is 2.70.